The number of carbonyl (C=O) groups is 1. The van der Waals surface area contributed by atoms with E-state index in [1.807, 2.05) is 25.8 Å². The van der Waals surface area contributed by atoms with Gasteiger partial charge in [0.05, 0.1) is 6.42 Å². The molecule has 1 amide bonds. The SMILES string of the molecule is CCCCN(C)C(=O)Cc1cc(C)[nH]c1C. The first-order valence-corrected chi connectivity index (χ1v) is 5.93. The zero-order valence-corrected chi connectivity index (χ0v) is 10.8. The summed E-state index contributed by atoms with van der Waals surface area (Å²) in [5.74, 6) is 0.204. The van der Waals surface area contributed by atoms with E-state index in [2.05, 4.69) is 18.0 Å². The molecule has 3 nitrogen and oxygen atoms in total. The molecule has 0 saturated carbocycles. The van der Waals surface area contributed by atoms with Gasteiger partial charge in [-0.1, -0.05) is 13.3 Å². The Morgan fingerprint density at radius 3 is 2.62 bits per heavy atom. The number of unbranched alkanes of at least 4 members (excludes halogenated alkanes) is 1. The minimum atomic E-state index is 0.204. The third kappa shape index (κ3) is 3.40. The molecule has 1 N–H and O–H groups in total. The smallest absolute Gasteiger partial charge is 0.226 e. The lowest BCUT2D eigenvalue weighted by Crippen LogP contribution is -2.29. The van der Waals surface area contributed by atoms with E-state index in [0.29, 0.717) is 6.42 Å². The Balaban J connectivity index is 2.53. The lowest BCUT2D eigenvalue weighted by molar-refractivity contribution is -0.129. The molecule has 0 spiro atoms. The molecule has 0 atom stereocenters. The molecule has 3 heteroatoms. The molecule has 0 bridgehead atoms. The maximum Gasteiger partial charge on any atom is 0.226 e. The number of rotatable bonds is 5. The predicted octanol–water partition coefficient (Wildman–Crippen LogP) is 2.43. The van der Waals surface area contributed by atoms with Gasteiger partial charge in [0.15, 0.2) is 0 Å². The largest absolute Gasteiger partial charge is 0.362 e. The van der Waals surface area contributed by atoms with Gasteiger partial charge in [0.1, 0.15) is 0 Å². The summed E-state index contributed by atoms with van der Waals surface area (Å²) in [5, 5.41) is 0. The van der Waals surface area contributed by atoms with Crippen molar-refractivity contribution in [2.75, 3.05) is 13.6 Å². The molecule has 1 heterocycles. The number of likely N-dealkylation sites (N-methyl/N-ethyl adjacent to an activating group) is 1. The number of carbonyl (C=O) groups excluding carboxylic acids is 1. The van der Waals surface area contributed by atoms with Crippen molar-refractivity contribution in [3.63, 3.8) is 0 Å². The van der Waals surface area contributed by atoms with Crippen LogP contribution in [0.25, 0.3) is 0 Å². The van der Waals surface area contributed by atoms with Gasteiger partial charge in [-0.3, -0.25) is 4.79 Å². The van der Waals surface area contributed by atoms with Crippen LogP contribution in [0.4, 0.5) is 0 Å². The summed E-state index contributed by atoms with van der Waals surface area (Å²) >= 11 is 0. The first-order chi connectivity index (χ1) is 7.54. The van der Waals surface area contributed by atoms with E-state index < -0.39 is 0 Å². The van der Waals surface area contributed by atoms with Crippen molar-refractivity contribution in [2.24, 2.45) is 0 Å². The Morgan fingerprint density at radius 1 is 1.44 bits per heavy atom. The third-order valence-corrected chi connectivity index (χ3v) is 2.87. The summed E-state index contributed by atoms with van der Waals surface area (Å²) in [4.78, 5) is 16.9. The molecule has 1 aromatic rings. The predicted molar refractivity (Wildman–Crippen MR) is 66.5 cm³/mol. The normalized spacial score (nSPS) is 10.5. The average Bonchev–Trinajstić information content (AvgIpc) is 2.53. The zero-order valence-electron chi connectivity index (χ0n) is 10.8. The van der Waals surface area contributed by atoms with Crippen LogP contribution in [0.3, 0.4) is 0 Å². The second-order valence-corrected chi connectivity index (χ2v) is 4.45. The maximum atomic E-state index is 11.9. The molecule has 0 fully saturated rings. The number of aromatic amines is 1. The van der Waals surface area contributed by atoms with Crippen molar-refractivity contribution in [1.82, 2.24) is 9.88 Å². The van der Waals surface area contributed by atoms with Crippen molar-refractivity contribution in [2.45, 2.75) is 40.0 Å². The molecule has 90 valence electrons. The number of hydrogen-bond acceptors (Lipinski definition) is 1. The molecular weight excluding hydrogens is 200 g/mol. The van der Waals surface area contributed by atoms with Crippen LogP contribution in [0, 0.1) is 13.8 Å². The minimum absolute atomic E-state index is 0.204. The van der Waals surface area contributed by atoms with E-state index >= 15 is 0 Å². The first kappa shape index (κ1) is 12.8. The van der Waals surface area contributed by atoms with E-state index in [9.17, 15) is 4.79 Å². The van der Waals surface area contributed by atoms with Crippen molar-refractivity contribution in [1.29, 1.82) is 0 Å². The van der Waals surface area contributed by atoms with Gasteiger partial charge in [-0.2, -0.15) is 0 Å². The van der Waals surface area contributed by atoms with Crippen LogP contribution >= 0.6 is 0 Å². The van der Waals surface area contributed by atoms with Crippen LogP contribution in [0.2, 0.25) is 0 Å². The summed E-state index contributed by atoms with van der Waals surface area (Å²) in [6.45, 7) is 7.03. The van der Waals surface area contributed by atoms with Gasteiger partial charge in [-0.15, -0.1) is 0 Å². The Morgan fingerprint density at radius 2 is 2.12 bits per heavy atom. The van der Waals surface area contributed by atoms with Crippen molar-refractivity contribution in [3.05, 3.63) is 23.0 Å². The molecule has 0 aliphatic rings. The van der Waals surface area contributed by atoms with Gasteiger partial charge in [-0.05, 0) is 31.9 Å². The van der Waals surface area contributed by atoms with Gasteiger partial charge < -0.3 is 9.88 Å². The van der Waals surface area contributed by atoms with E-state index in [1.54, 1.807) is 0 Å². The number of aryl methyl sites for hydroxylation is 2. The van der Waals surface area contributed by atoms with Gasteiger partial charge in [0, 0.05) is 25.0 Å². The fourth-order valence-electron chi connectivity index (χ4n) is 1.78. The average molecular weight is 222 g/mol. The molecule has 0 unspecified atom stereocenters. The van der Waals surface area contributed by atoms with Crippen LogP contribution in [-0.2, 0) is 11.2 Å². The Bertz CT molecular complexity index is 355. The van der Waals surface area contributed by atoms with Crippen molar-refractivity contribution >= 4 is 5.91 Å². The quantitative estimate of drug-likeness (QED) is 0.816. The molecule has 0 aliphatic carbocycles. The molecule has 1 rings (SSSR count). The maximum absolute atomic E-state index is 11.9. The standard InChI is InChI=1S/C13H22N2O/c1-5-6-7-15(4)13(16)9-12-8-10(2)14-11(12)3/h8,14H,5-7,9H2,1-4H3. The molecule has 0 radical (unpaired) electrons. The second kappa shape index (κ2) is 5.73. The second-order valence-electron chi connectivity index (χ2n) is 4.45. The fourth-order valence-corrected chi connectivity index (χ4v) is 1.78. The summed E-state index contributed by atoms with van der Waals surface area (Å²) in [7, 11) is 1.88. The van der Waals surface area contributed by atoms with E-state index in [4.69, 9.17) is 0 Å². The first-order valence-electron chi connectivity index (χ1n) is 5.93. The van der Waals surface area contributed by atoms with Gasteiger partial charge in [-0.25, -0.2) is 0 Å². The lowest BCUT2D eigenvalue weighted by Gasteiger charge is -2.16. The number of aromatic nitrogens is 1. The molecule has 0 aliphatic heterocycles. The zero-order chi connectivity index (χ0) is 12.1. The fraction of sp³-hybridized carbons (Fsp3) is 0.615. The van der Waals surface area contributed by atoms with Crippen LogP contribution in [0.15, 0.2) is 6.07 Å². The third-order valence-electron chi connectivity index (χ3n) is 2.87. The van der Waals surface area contributed by atoms with E-state index in [0.717, 1.165) is 36.3 Å². The highest BCUT2D eigenvalue weighted by Crippen LogP contribution is 2.11. The lowest BCUT2D eigenvalue weighted by atomic mass is 10.1. The van der Waals surface area contributed by atoms with Crippen molar-refractivity contribution < 1.29 is 4.79 Å². The Hall–Kier alpha value is -1.25. The molecule has 0 aromatic carbocycles. The number of hydrogen-bond donors (Lipinski definition) is 1. The highest BCUT2D eigenvalue weighted by atomic mass is 16.2. The molecule has 1 aromatic heterocycles. The van der Waals surface area contributed by atoms with Crippen LogP contribution in [0.5, 0.6) is 0 Å². The summed E-state index contributed by atoms with van der Waals surface area (Å²) < 4.78 is 0. The summed E-state index contributed by atoms with van der Waals surface area (Å²) in [6, 6.07) is 2.06. The molecular formula is C13H22N2O. The summed E-state index contributed by atoms with van der Waals surface area (Å²) in [6.07, 6.45) is 2.71. The van der Waals surface area contributed by atoms with E-state index in [-0.39, 0.29) is 5.91 Å². The Labute approximate surface area is 97.8 Å². The van der Waals surface area contributed by atoms with Gasteiger partial charge >= 0.3 is 0 Å². The monoisotopic (exact) mass is 222 g/mol. The summed E-state index contributed by atoms with van der Waals surface area (Å²) in [5.41, 5.74) is 3.34. The van der Waals surface area contributed by atoms with Gasteiger partial charge in [0.25, 0.3) is 0 Å². The number of nitrogens with one attached hydrogen (secondary N) is 1. The van der Waals surface area contributed by atoms with Crippen LogP contribution in [-0.4, -0.2) is 29.4 Å². The molecule has 0 saturated heterocycles. The van der Waals surface area contributed by atoms with Gasteiger partial charge in [0.2, 0.25) is 5.91 Å². The van der Waals surface area contributed by atoms with E-state index in [1.165, 1.54) is 0 Å². The molecule has 16 heavy (non-hydrogen) atoms. The minimum Gasteiger partial charge on any atom is -0.362 e. The highest BCUT2D eigenvalue weighted by molar-refractivity contribution is 5.78. The highest BCUT2D eigenvalue weighted by Gasteiger charge is 2.11. The number of nitrogens with zero attached hydrogens (tertiary/aromatic N) is 1. The topological polar surface area (TPSA) is 36.1 Å². The van der Waals surface area contributed by atoms with Crippen molar-refractivity contribution in [3.8, 4) is 0 Å². The van der Waals surface area contributed by atoms with Crippen LogP contribution in [0.1, 0.15) is 36.7 Å². The Kier molecular flexibility index (Phi) is 4.59. The number of H-pyrrole nitrogens is 1. The number of amides is 1. The van der Waals surface area contributed by atoms with Crippen LogP contribution < -0.4 is 0 Å².